The molecular weight excluding hydrogens is 242 g/mol. The molecule has 0 bridgehead atoms. The van der Waals surface area contributed by atoms with Gasteiger partial charge in [0.2, 0.25) is 0 Å². The smallest absolute Gasteiger partial charge is 0.358 e. The second-order valence-electron chi connectivity index (χ2n) is 4.48. The fourth-order valence-corrected chi connectivity index (χ4v) is 2.33. The van der Waals surface area contributed by atoms with E-state index in [4.69, 9.17) is 4.74 Å². The van der Waals surface area contributed by atoms with Gasteiger partial charge in [-0.15, -0.1) is 0 Å². The van der Waals surface area contributed by atoms with Gasteiger partial charge in [-0.3, -0.25) is 4.57 Å². The number of imidazole rings is 1. The molecule has 2 aromatic rings. The van der Waals surface area contributed by atoms with E-state index in [1.165, 1.54) is 0 Å². The molecule has 0 radical (unpaired) electrons. The quantitative estimate of drug-likeness (QED) is 0.772. The highest BCUT2D eigenvalue weighted by atomic mass is 16.5. The first kappa shape index (κ1) is 11.8. The van der Waals surface area contributed by atoms with Gasteiger partial charge in [0.25, 0.3) is 0 Å². The SMILES string of the molecule is CCOC(=O)c1cn2c(n1)CN(C)c1ccccc1-2. The van der Waals surface area contributed by atoms with Gasteiger partial charge in [0, 0.05) is 13.2 Å². The van der Waals surface area contributed by atoms with Gasteiger partial charge in [-0.05, 0) is 19.1 Å². The van der Waals surface area contributed by atoms with Gasteiger partial charge >= 0.3 is 5.97 Å². The van der Waals surface area contributed by atoms with Crippen molar-refractivity contribution in [2.45, 2.75) is 13.5 Å². The molecule has 5 nitrogen and oxygen atoms in total. The van der Waals surface area contributed by atoms with Crippen LogP contribution in [0.25, 0.3) is 5.69 Å². The molecule has 3 rings (SSSR count). The van der Waals surface area contributed by atoms with E-state index in [0.717, 1.165) is 17.2 Å². The zero-order valence-electron chi connectivity index (χ0n) is 11.0. The molecule has 0 fully saturated rings. The van der Waals surface area contributed by atoms with Crippen LogP contribution in [0.4, 0.5) is 5.69 Å². The van der Waals surface area contributed by atoms with Crippen molar-refractivity contribution >= 4 is 11.7 Å². The summed E-state index contributed by atoms with van der Waals surface area (Å²) >= 11 is 0. The van der Waals surface area contributed by atoms with Gasteiger partial charge in [-0.1, -0.05) is 12.1 Å². The van der Waals surface area contributed by atoms with Crippen molar-refractivity contribution in [2.24, 2.45) is 0 Å². The molecule has 1 aromatic heterocycles. The van der Waals surface area contributed by atoms with Crippen molar-refractivity contribution in [3.63, 3.8) is 0 Å². The van der Waals surface area contributed by atoms with Crippen LogP contribution in [-0.4, -0.2) is 29.2 Å². The molecule has 0 saturated carbocycles. The van der Waals surface area contributed by atoms with Gasteiger partial charge in [0.1, 0.15) is 5.82 Å². The Bertz CT molecular complexity index is 633. The van der Waals surface area contributed by atoms with Gasteiger partial charge in [-0.2, -0.15) is 0 Å². The molecule has 5 heteroatoms. The Hall–Kier alpha value is -2.30. The number of hydrogen-bond acceptors (Lipinski definition) is 4. The number of rotatable bonds is 2. The van der Waals surface area contributed by atoms with Crippen molar-refractivity contribution in [3.05, 3.63) is 42.0 Å². The molecule has 0 N–H and O–H groups in total. The Balaban J connectivity index is 2.07. The maximum atomic E-state index is 11.7. The Labute approximate surface area is 111 Å². The van der Waals surface area contributed by atoms with Crippen LogP contribution < -0.4 is 4.90 Å². The summed E-state index contributed by atoms with van der Waals surface area (Å²) < 4.78 is 6.95. The Morgan fingerprint density at radius 3 is 2.84 bits per heavy atom. The molecule has 19 heavy (non-hydrogen) atoms. The minimum absolute atomic E-state index is 0.359. The number of ether oxygens (including phenoxy) is 1. The van der Waals surface area contributed by atoms with Crippen molar-refractivity contribution in [1.29, 1.82) is 0 Å². The zero-order valence-corrected chi connectivity index (χ0v) is 11.0. The lowest BCUT2D eigenvalue weighted by molar-refractivity contribution is 0.0520. The first-order valence-corrected chi connectivity index (χ1v) is 6.26. The third kappa shape index (κ3) is 1.87. The van der Waals surface area contributed by atoms with E-state index >= 15 is 0 Å². The number of hydrogen-bond donors (Lipinski definition) is 0. The molecule has 0 amide bonds. The second-order valence-corrected chi connectivity index (χ2v) is 4.48. The van der Waals surface area contributed by atoms with E-state index in [-0.39, 0.29) is 5.97 Å². The Morgan fingerprint density at radius 2 is 2.11 bits per heavy atom. The standard InChI is InChI=1S/C14H15N3O2/c1-3-19-14(18)10-8-17-12-7-5-4-6-11(12)16(2)9-13(17)15-10/h4-8H,3,9H2,1-2H3. The minimum Gasteiger partial charge on any atom is -0.461 e. The molecule has 1 aliphatic rings. The van der Waals surface area contributed by atoms with Gasteiger partial charge < -0.3 is 9.64 Å². The van der Waals surface area contributed by atoms with Crippen LogP contribution in [0.1, 0.15) is 23.2 Å². The van der Waals surface area contributed by atoms with Crippen LogP contribution in [-0.2, 0) is 11.3 Å². The number of nitrogens with zero attached hydrogens (tertiary/aromatic N) is 3. The van der Waals surface area contributed by atoms with Gasteiger partial charge in [0.05, 0.1) is 24.5 Å². The number of carbonyl (C=O) groups excluding carboxylic acids is 1. The fourth-order valence-electron chi connectivity index (χ4n) is 2.33. The third-order valence-electron chi connectivity index (χ3n) is 3.19. The number of para-hydroxylation sites is 2. The fraction of sp³-hybridized carbons (Fsp3) is 0.286. The highest BCUT2D eigenvalue weighted by molar-refractivity contribution is 5.87. The average Bonchev–Trinajstić information content (AvgIpc) is 2.83. The number of anilines is 1. The molecule has 98 valence electrons. The number of aromatic nitrogens is 2. The Kier molecular flexibility index (Phi) is 2.74. The summed E-state index contributed by atoms with van der Waals surface area (Å²) in [6.07, 6.45) is 1.75. The monoisotopic (exact) mass is 257 g/mol. The summed E-state index contributed by atoms with van der Waals surface area (Å²) in [6.45, 7) is 2.82. The van der Waals surface area contributed by atoms with Crippen molar-refractivity contribution in [1.82, 2.24) is 9.55 Å². The second kappa shape index (κ2) is 4.42. The maximum Gasteiger partial charge on any atom is 0.358 e. The summed E-state index contributed by atoms with van der Waals surface area (Å²) in [6, 6.07) is 8.06. The van der Waals surface area contributed by atoms with Crippen LogP contribution >= 0.6 is 0 Å². The molecule has 2 heterocycles. The lowest BCUT2D eigenvalue weighted by Crippen LogP contribution is -2.25. The topological polar surface area (TPSA) is 47.4 Å². The van der Waals surface area contributed by atoms with E-state index < -0.39 is 0 Å². The predicted octanol–water partition coefficient (Wildman–Crippen LogP) is 2.00. The highest BCUT2D eigenvalue weighted by Gasteiger charge is 2.23. The molecular formula is C14H15N3O2. The minimum atomic E-state index is -0.371. The van der Waals surface area contributed by atoms with Crippen molar-refractivity contribution in [2.75, 3.05) is 18.6 Å². The lowest BCUT2D eigenvalue weighted by atomic mass is 10.2. The van der Waals surface area contributed by atoms with Crippen molar-refractivity contribution < 1.29 is 9.53 Å². The first-order valence-electron chi connectivity index (χ1n) is 6.26. The van der Waals surface area contributed by atoms with E-state index in [2.05, 4.69) is 16.0 Å². The predicted molar refractivity (Wildman–Crippen MR) is 71.6 cm³/mol. The largest absolute Gasteiger partial charge is 0.461 e. The van der Waals surface area contributed by atoms with Gasteiger partial charge in [0.15, 0.2) is 5.69 Å². The average molecular weight is 257 g/mol. The number of benzene rings is 1. The summed E-state index contributed by atoms with van der Waals surface area (Å²) in [5.41, 5.74) is 2.53. The molecule has 1 aliphatic heterocycles. The normalized spacial score (nSPS) is 12.8. The number of carbonyl (C=O) groups is 1. The van der Waals surface area contributed by atoms with Crippen LogP contribution in [0, 0.1) is 0 Å². The number of esters is 1. The van der Waals surface area contributed by atoms with Gasteiger partial charge in [-0.25, -0.2) is 9.78 Å². The summed E-state index contributed by atoms with van der Waals surface area (Å²) in [5, 5.41) is 0. The van der Waals surface area contributed by atoms with E-state index in [1.807, 2.05) is 29.8 Å². The van der Waals surface area contributed by atoms with Crippen LogP contribution in [0.5, 0.6) is 0 Å². The zero-order chi connectivity index (χ0) is 13.4. The summed E-state index contributed by atoms with van der Waals surface area (Å²) in [5.74, 6) is 0.480. The molecule has 0 unspecified atom stereocenters. The maximum absolute atomic E-state index is 11.7. The molecule has 0 aliphatic carbocycles. The summed E-state index contributed by atoms with van der Waals surface area (Å²) in [7, 11) is 2.01. The third-order valence-corrected chi connectivity index (χ3v) is 3.19. The van der Waals surface area contributed by atoms with E-state index in [9.17, 15) is 4.79 Å². The lowest BCUT2D eigenvalue weighted by Gasteiger charge is -2.27. The Morgan fingerprint density at radius 1 is 1.37 bits per heavy atom. The first-order chi connectivity index (χ1) is 9.20. The molecule has 0 saturated heterocycles. The summed E-state index contributed by atoms with van der Waals surface area (Å²) in [4.78, 5) is 18.2. The molecule has 0 spiro atoms. The molecule has 0 atom stereocenters. The van der Waals surface area contributed by atoms with Crippen LogP contribution in [0.2, 0.25) is 0 Å². The van der Waals surface area contributed by atoms with Crippen LogP contribution in [0.3, 0.4) is 0 Å². The van der Waals surface area contributed by atoms with E-state index in [0.29, 0.717) is 18.8 Å². The number of fused-ring (bicyclic) bond motifs is 3. The van der Waals surface area contributed by atoms with E-state index in [1.54, 1.807) is 13.1 Å². The molecule has 1 aromatic carbocycles. The highest BCUT2D eigenvalue weighted by Crippen LogP contribution is 2.30. The van der Waals surface area contributed by atoms with Crippen molar-refractivity contribution in [3.8, 4) is 5.69 Å². The van der Waals surface area contributed by atoms with Crippen LogP contribution in [0.15, 0.2) is 30.5 Å².